The fourth-order valence-electron chi connectivity index (χ4n) is 2.96. The van der Waals surface area contributed by atoms with Crippen LogP contribution >= 0.6 is 0 Å². The number of rotatable bonds is 5. The summed E-state index contributed by atoms with van der Waals surface area (Å²) < 4.78 is 5.11. The van der Waals surface area contributed by atoms with E-state index in [1.807, 2.05) is 43.3 Å². The summed E-state index contributed by atoms with van der Waals surface area (Å²) in [5.41, 5.74) is 2.39. The average molecular weight is 346 g/mol. The summed E-state index contributed by atoms with van der Waals surface area (Å²) in [5.74, 6) is -0.426. The van der Waals surface area contributed by atoms with Gasteiger partial charge in [0, 0.05) is 5.56 Å². The van der Waals surface area contributed by atoms with Gasteiger partial charge >= 0.3 is 5.97 Å². The molecule has 3 aromatic carbocycles. The fraction of sp³-hybridized carbons (Fsp3) is 0.0909. The SMILES string of the molecule is COc1ccc(/C=C\C(=O)c2ccc(C(=O)O)c3c(C)cccc23)cc1. The van der Waals surface area contributed by atoms with Crippen LogP contribution in [0.5, 0.6) is 5.75 Å². The Balaban J connectivity index is 2.00. The maximum absolute atomic E-state index is 12.7. The van der Waals surface area contributed by atoms with Crippen LogP contribution in [0, 0.1) is 6.92 Å². The first-order chi connectivity index (χ1) is 12.5. The molecule has 0 atom stereocenters. The van der Waals surface area contributed by atoms with Gasteiger partial charge in [0.1, 0.15) is 5.75 Å². The molecule has 3 rings (SSSR count). The van der Waals surface area contributed by atoms with Gasteiger partial charge in [-0.3, -0.25) is 4.79 Å². The lowest BCUT2D eigenvalue weighted by Gasteiger charge is -2.09. The van der Waals surface area contributed by atoms with E-state index in [1.165, 1.54) is 12.1 Å². The first-order valence-corrected chi connectivity index (χ1v) is 8.13. The molecular weight excluding hydrogens is 328 g/mol. The van der Waals surface area contributed by atoms with E-state index < -0.39 is 5.97 Å². The molecule has 4 heteroatoms. The minimum absolute atomic E-state index is 0.173. The van der Waals surface area contributed by atoms with Crippen molar-refractivity contribution in [1.82, 2.24) is 0 Å². The highest BCUT2D eigenvalue weighted by Gasteiger charge is 2.15. The molecule has 0 aliphatic carbocycles. The number of fused-ring (bicyclic) bond motifs is 1. The third-order valence-electron chi connectivity index (χ3n) is 4.29. The number of aryl methyl sites for hydroxylation is 1. The molecule has 1 N–H and O–H groups in total. The first-order valence-electron chi connectivity index (χ1n) is 8.13. The van der Waals surface area contributed by atoms with Gasteiger partial charge in [-0.05, 0) is 59.2 Å². The van der Waals surface area contributed by atoms with E-state index in [-0.39, 0.29) is 11.3 Å². The van der Waals surface area contributed by atoms with Gasteiger partial charge in [-0.1, -0.05) is 36.4 Å². The zero-order valence-electron chi connectivity index (χ0n) is 14.5. The second kappa shape index (κ2) is 7.23. The number of carboxylic acids is 1. The molecule has 0 saturated carbocycles. The number of carbonyl (C=O) groups excluding carboxylic acids is 1. The molecule has 0 radical (unpaired) electrons. The minimum Gasteiger partial charge on any atom is -0.497 e. The second-order valence-corrected chi connectivity index (χ2v) is 5.93. The molecule has 0 saturated heterocycles. The lowest BCUT2D eigenvalue weighted by molar-refractivity contribution is 0.0698. The zero-order chi connectivity index (χ0) is 18.7. The van der Waals surface area contributed by atoms with Crippen LogP contribution in [0.2, 0.25) is 0 Å². The van der Waals surface area contributed by atoms with Crippen LogP contribution in [0.25, 0.3) is 16.8 Å². The summed E-state index contributed by atoms with van der Waals surface area (Å²) in [7, 11) is 1.60. The third kappa shape index (κ3) is 3.35. The van der Waals surface area contributed by atoms with Crippen LogP contribution in [0.1, 0.15) is 31.8 Å². The van der Waals surface area contributed by atoms with Crippen LogP contribution in [0.15, 0.2) is 60.7 Å². The van der Waals surface area contributed by atoms with Crippen molar-refractivity contribution in [3.8, 4) is 5.75 Å². The van der Waals surface area contributed by atoms with E-state index in [1.54, 1.807) is 25.3 Å². The molecule has 3 aromatic rings. The van der Waals surface area contributed by atoms with Crippen molar-refractivity contribution in [2.75, 3.05) is 7.11 Å². The normalized spacial score (nSPS) is 11.0. The Hall–Kier alpha value is -3.40. The molecule has 0 heterocycles. The molecule has 0 aliphatic rings. The topological polar surface area (TPSA) is 63.6 Å². The lowest BCUT2D eigenvalue weighted by atomic mass is 9.94. The van der Waals surface area contributed by atoms with Crippen molar-refractivity contribution in [3.63, 3.8) is 0 Å². The number of methoxy groups -OCH3 is 1. The molecular formula is C22H18O4. The largest absolute Gasteiger partial charge is 0.497 e. The number of ketones is 1. The Bertz CT molecular complexity index is 1010. The summed E-state index contributed by atoms with van der Waals surface area (Å²) in [4.78, 5) is 24.2. The number of benzene rings is 3. The number of allylic oxidation sites excluding steroid dienone is 1. The maximum atomic E-state index is 12.7. The molecule has 4 nitrogen and oxygen atoms in total. The monoisotopic (exact) mass is 346 g/mol. The summed E-state index contributed by atoms with van der Waals surface area (Å²) in [6, 6.07) is 15.9. The molecule has 0 aromatic heterocycles. The Morgan fingerprint density at radius 2 is 1.65 bits per heavy atom. The van der Waals surface area contributed by atoms with Crippen molar-refractivity contribution >= 4 is 28.6 Å². The maximum Gasteiger partial charge on any atom is 0.336 e. The predicted molar refractivity (Wildman–Crippen MR) is 102 cm³/mol. The Morgan fingerprint density at radius 1 is 0.962 bits per heavy atom. The third-order valence-corrected chi connectivity index (χ3v) is 4.29. The van der Waals surface area contributed by atoms with Crippen molar-refractivity contribution in [3.05, 3.63) is 82.9 Å². The van der Waals surface area contributed by atoms with E-state index >= 15 is 0 Å². The van der Waals surface area contributed by atoms with Crippen LogP contribution in [0.4, 0.5) is 0 Å². The number of carbonyl (C=O) groups is 2. The van der Waals surface area contributed by atoms with Crippen LogP contribution < -0.4 is 4.74 Å². The van der Waals surface area contributed by atoms with Crippen molar-refractivity contribution in [2.24, 2.45) is 0 Å². The lowest BCUT2D eigenvalue weighted by Crippen LogP contribution is -2.03. The van der Waals surface area contributed by atoms with Crippen LogP contribution in [-0.2, 0) is 0 Å². The van der Waals surface area contributed by atoms with Crippen LogP contribution in [-0.4, -0.2) is 24.0 Å². The van der Waals surface area contributed by atoms with Crippen molar-refractivity contribution in [1.29, 1.82) is 0 Å². The van der Waals surface area contributed by atoms with Gasteiger partial charge in [-0.15, -0.1) is 0 Å². The summed E-state index contributed by atoms with van der Waals surface area (Å²) in [5, 5.41) is 10.7. The number of aromatic carboxylic acids is 1. The molecule has 0 fully saturated rings. The summed E-state index contributed by atoms with van der Waals surface area (Å²) >= 11 is 0. The fourth-order valence-corrected chi connectivity index (χ4v) is 2.96. The zero-order valence-corrected chi connectivity index (χ0v) is 14.5. The van der Waals surface area contributed by atoms with Crippen molar-refractivity contribution < 1.29 is 19.4 Å². The van der Waals surface area contributed by atoms with Crippen LogP contribution in [0.3, 0.4) is 0 Å². The molecule has 0 unspecified atom stereocenters. The molecule has 0 amide bonds. The predicted octanol–water partition coefficient (Wildman–Crippen LogP) is 4.75. The highest BCUT2D eigenvalue weighted by Crippen LogP contribution is 2.27. The van der Waals surface area contributed by atoms with Gasteiger partial charge in [-0.25, -0.2) is 4.79 Å². The Kier molecular flexibility index (Phi) is 4.85. The molecule has 0 aliphatic heterocycles. The van der Waals surface area contributed by atoms with Gasteiger partial charge < -0.3 is 9.84 Å². The number of carboxylic acid groups (broad SMARTS) is 1. The van der Waals surface area contributed by atoms with Gasteiger partial charge in [0.2, 0.25) is 0 Å². The Labute approximate surface area is 151 Å². The van der Waals surface area contributed by atoms with E-state index in [0.29, 0.717) is 16.3 Å². The number of hydrogen-bond donors (Lipinski definition) is 1. The molecule has 26 heavy (non-hydrogen) atoms. The highest BCUT2D eigenvalue weighted by molar-refractivity contribution is 6.18. The van der Waals surface area contributed by atoms with E-state index in [9.17, 15) is 14.7 Å². The first kappa shape index (κ1) is 17.4. The summed E-state index contributed by atoms with van der Waals surface area (Å²) in [6.45, 7) is 1.84. The number of hydrogen-bond acceptors (Lipinski definition) is 3. The van der Waals surface area contributed by atoms with E-state index in [0.717, 1.165) is 16.9 Å². The van der Waals surface area contributed by atoms with Gasteiger partial charge in [-0.2, -0.15) is 0 Å². The molecule has 130 valence electrons. The van der Waals surface area contributed by atoms with Gasteiger partial charge in [0.15, 0.2) is 5.78 Å². The molecule has 0 spiro atoms. The molecule has 0 bridgehead atoms. The quantitative estimate of drug-likeness (QED) is 0.535. The smallest absolute Gasteiger partial charge is 0.336 e. The highest BCUT2D eigenvalue weighted by atomic mass is 16.5. The van der Waals surface area contributed by atoms with E-state index in [2.05, 4.69) is 0 Å². The standard InChI is InChI=1S/C22H18O4/c1-14-4-3-5-18-17(11-12-19(21(14)18)22(24)25)20(23)13-8-15-6-9-16(26-2)10-7-15/h3-13H,1-2H3,(H,24,25)/b13-8-. The van der Waals surface area contributed by atoms with E-state index in [4.69, 9.17) is 4.74 Å². The second-order valence-electron chi connectivity index (χ2n) is 5.93. The van der Waals surface area contributed by atoms with Gasteiger partial charge in [0.05, 0.1) is 12.7 Å². The average Bonchev–Trinajstić information content (AvgIpc) is 2.65. The van der Waals surface area contributed by atoms with Crippen molar-refractivity contribution in [2.45, 2.75) is 6.92 Å². The Morgan fingerprint density at radius 3 is 2.31 bits per heavy atom. The van der Waals surface area contributed by atoms with Gasteiger partial charge in [0.25, 0.3) is 0 Å². The summed E-state index contributed by atoms with van der Waals surface area (Å²) in [6.07, 6.45) is 3.23. The minimum atomic E-state index is -1.00. The number of ether oxygens (including phenoxy) is 1.